The molecule has 9 heavy (non-hydrogen) atoms. The van der Waals surface area contributed by atoms with Crippen LogP contribution in [0, 0.1) is 0 Å². The van der Waals surface area contributed by atoms with Gasteiger partial charge in [-0.05, 0) is 0 Å². The van der Waals surface area contributed by atoms with Crippen molar-refractivity contribution in [3.8, 4) is 0 Å². The SMILES string of the molecule is [B]C(C)CCCC[B]O. The Morgan fingerprint density at radius 2 is 2.22 bits per heavy atom. The fourth-order valence-corrected chi connectivity index (χ4v) is 0.702. The van der Waals surface area contributed by atoms with Gasteiger partial charge in [0.25, 0.3) is 7.48 Å². The summed E-state index contributed by atoms with van der Waals surface area (Å²) in [6.07, 6.45) is 4.04. The molecule has 0 amide bonds. The molecule has 0 aromatic heterocycles. The molecule has 0 rings (SSSR count). The Morgan fingerprint density at radius 1 is 1.56 bits per heavy atom. The van der Waals surface area contributed by atoms with Gasteiger partial charge in [0.1, 0.15) is 0 Å². The quantitative estimate of drug-likeness (QED) is 0.429. The Balaban J connectivity index is 2.75. The molecular formula is C6H13B2O. The van der Waals surface area contributed by atoms with Crippen LogP contribution in [0.1, 0.15) is 26.2 Å². The molecule has 1 atom stereocenters. The van der Waals surface area contributed by atoms with Crippen LogP contribution in [-0.2, 0) is 0 Å². The van der Waals surface area contributed by atoms with Gasteiger partial charge in [0, 0.05) is 0 Å². The smallest absolute Gasteiger partial charge is 0.287 e. The van der Waals surface area contributed by atoms with Crippen LogP contribution < -0.4 is 0 Å². The van der Waals surface area contributed by atoms with Gasteiger partial charge in [0.15, 0.2) is 0 Å². The zero-order valence-corrected chi connectivity index (χ0v) is 6.01. The number of unbranched alkanes of at least 4 members (excludes halogenated alkanes) is 1. The summed E-state index contributed by atoms with van der Waals surface area (Å²) in [5.41, 5.74) is 0. The van der Waals surface area contributed by atoms with E-state index < -0.39 is 0 Å². The third kappa shape index (κ3) is 8.09. The highest BCUT2D eigenvalue weighted by Crippen LogP contribution is 2.09. The van der Waals surface area contributed by atoms with Crippen LogP contribution in [0.15, 0.2) is 0 Å². The summed E-state index contributed by atoms with van der Waals surface area (Å²) in [7, 11) is 6.71. The first-order valence-electron chi connectivity index (χ1n) is 3.49. The molecule has 1 nitrogen and oxygen atoms in total. The molecule has 0 aromatic carbocycles. The minimum absolute atomic E-state index is 0.309. The fraction of sp³-hybridized carbons (Fsp3) is 1.00. The molecule has 3 heteroatoms. The Morgan fingerprint density at radius 3 is 2.67 bits per heavy atom. The van der Waals surface area contributed by atoms with E-state index in [9.17, 15) is 0 Å². The van der Waals surface area contributed by atoms with E-state index in [4.69, 9.17) is 12.9 Å². The van der Waals surface area contributed by atoms with Gasteiger partial charge in [0.2, 0.25) is 0 Å². The van der Waals surface area contributed by atoms with Crippen molar-refractivity contribution in [2.75, 3.05) is 0 Å². The molecule has 0 aliphatic rings. The van der Waals surface area contributed by atoms with Crippen molar-refractivity contribution in [2.45, 2.75) is 38.3 Å². The van der Waals surface area contributed by atoms with Crippen LogP contribution in [0.2, 0.25) is 12.1 Å². The van der Waals surface area contributed by atoms with E-state index in [-0.39, 0.29) is 0 Å². The van der Waals surface area contributed by atoms with E-state index in [2.05, 4.69) is 0 Å². The predicted octanol–water partition coefficient (Wildman–Crippen LogP) is 1.16. The number of hydrogen-bond acceptors (Lipinski definition) is 1. The van der Waals surface area contributed by atoms with Gasteiger partial charge in [-0.3, -0.25) is 0 Å². The van der Waals surface area contributed by atoms with Crippen LogP contribution >= 0.6 is 0 Å². The fourth-order valence-electron chi connectivity index (χ4n) is 0.702. The molecule has 1 N–H and O–H groups in total. The molecule has 1 unspecified atom stereocenters. The van der Waals surface area contributed by atoms with Crippen LogP contribution in [-0.4, -0.2) is 20.4 Å². The predicted molar refractivity (Wildman–Crippen MR) is 41.8 cm³/mol. The molecule has 0 aliphatic heterocycles. The highest BCUT2D eigenvalue weighted by Gasteiger charge is 1.93. The molecule has 0 bridgehead atoms. The molecule has 0 aromatic rings. The van der Waals surface area contributed by atoms with Gasteiger partial charge in [0.05, 0.1) is 7.85 Å². The van der Waals surface area contributed by atoms with Gasteiger partial charge < -0.3 is 5.02 Å². The maximum absolute atomic E-state index is 8.28. The number of rotatable bonds is 5. The Bertz CT molecular complexity index is 57.0. The van der Waals surface area contributed by atoms with E-state index in [1.165, 1.54) is 7.48 Å². The second-order valence-corrected chi connectivity index (χ2v) is 2.44. The lowest BCUT2D eigenvalue weighted by Gasteiger charge is -2.01. The Kier molecular flexibility index (Phi) is 6.28. The molecule has 49 valence electrons. The lowest BCUT2D eigenvalue weighted by Crippen LogP contribution is -1.89. The van der Waals surface area contributed by atoms with E-state index in [1.807, 2.05) is 6.92 Å². The van der Waals surface area contributed by atoms with Crippen molar-refractivity contribution in [3.63, 3.8) is 0 Å². The van der Waals surface area contributed by atoms with E-state index in [0.717, 1.165) is 25.6 Å². The molecule has 0 saturated carbocycles. The minimum Gasteiger partial charge on any atom is -0.454 e. The molecule has 0 aliphatic carbocycles. The molecular weight excluding hydrogens is 110 g/mol. The number of hydrogen-bond donors (Lipinski definition) is 1. The van der Waals surface area contributed by atoms with Gasteiger partial charge in [-0.2, -0.15) is 0 Å². The van der Waals surface area contributed by atoms with Crippen molar-refractivity contribution in [2.24, 2.45) is 0 Å². The van der Waals surface area contributed by atoms with E-state index in [1.54, 1.807) is 0 Å². The summed E-state index contributed by atoms with van der Waals surface area (Å²) in [4.78, 5) is 0. The minimum atomic E-state index is 0.309. The first kappa shape index (κ1) is 9.09. The zero-order chi connectivity index (χ0) is 7.11. The van der Waals surface area contributed by atoms with Crippen LogP contribution in [0.25, 0.3) is 0 Å². The standard InChI is InChI=1S/C6H13B2O/c1-6(7)4-2-3-5-8-9/h6,9H,2-5H2,1H3. The van der Waals surface area contributed by atoms with E-state index >= 15 is 0 Å². The Labute approximate surface area is 59.5 Å². The third-order valence-electron chi connectivity index (χ3n) is 1.24. The zero-order valence-electron chi connectivity index (χ0n) is 6.01. The second-order valence-electron chi connectivity index (χ2n) is 2.44. The van der Waals surface area contributed by atoms with Crippen molar-refractivity contribution in [1.82, 2.24) is 0 Å². The van der Waals surface area contributed by atoms with Crippen molar-refractivity contribution in [1.29, 1.82) is 0 Å². The molecule has 0 heterocycles. The summed E-state index contributed by atoms with van der Waals surface area (Å²) < 4.78 is 0. The van der Waals surface area contributed by atoms with Crippen molar-refractivity contribution >= 4 is 15.3 Å². The van der Waals surface area contributed by atoms with Gasteiger partial charge in [-0.25, -0.2) is 0 Å². The largest absolute Gasteiger partial charge is 0.454 e. The topological polar surface area (TPSA) is 20.2 Å². The lowest BCUT2D eigenvalue weighted by atomic mass is 9.83. The first-order chi connectivity index (χ1) is 4.27. The summed E-state index contributed by atoms with van der Waals surface area (Å²) in [5, 5.41) is 8.28. The summed E-state index contributed by atoms with van der Waals surface area (Å²) in [6, 6.07) is 0. The van der Waals surface area contributed by atoms with Gasteiger partial charge in [-0.15, -0.1) is 0 Å². The normalized spacial score (nSPS) is 13.1. The first-order valence-corrected chi connectivity index (χ1v) is 3.49. The molecule has 0 saturated heterocycles. The molecule has 0 fully saturated rings. The van der Waals surface area contributed by atoms with Crippen LogP contribution in [0.3, 0.4) is 0 Å². The summed E-state index contributed by atoms with van der Waals surface area (Å²) in [6.45, 7) is 2.00. The maximum atomic E-state index is 8.28. The highest BCUT2D eigenvalue weighted by molar-refractivity contribution is 6.25. The molecule has 0 spiro atoms. The average Bonchev–Trinajstić information content (AvgIpc) is 1.80. The second kappa shape index (κ2) is 6.21. The Hall–Kier alpha value is 0.0899. The van der Waals surface area contributed by atoms with Crippen LogP contribution in [0.4, 0.5) is 0 Å². The summed E-state index contributed by atoms with van der Waals surface area (Å²) in [5.74, 6) is 0.309. The van der Waals surface area contributed by atoms with Crippen LogP contribution in [0.5, 0.6) is 0 Å². The van der Waals surface area contributed by atoms with Gasteiger partial charge >= 0.3 is 0 Å². The summed E-state index contributed by atoms with van der Waals surface area (Å²) >= 11 is 0. The average molecular weight is 123 g/mol. The van der Waals surface area contributed by atoms with Crippen molar-refractivity contribution in [3.05, 3.63) is 0 Å². The van der Waals surface area contributed by atoms with Crippen molar-refractivity contribution < 1.29 is 5.02 Å². The lowest BCUT2D eigenvalue weighted by molar-refractivity contribution is 0.589. The maximum Gasteiger partial charge on any atom is 0.287 e. The third-order valence-corrected chi connectivity index (χ3v) is 1.24. The highest BCUT2D eigenvalue weighted by atomic mass is 16.2. The van der Waals surface area contributed by atoms with E-state index in [0.29, 0.717) is 5.82 Å². The monoisotopic (exact) mass is 123 g/mol. The molecule has 3 radical (unpaired) electrons. The van der Waals surface area contributed by atoms with Gasteiger partial charge in [-0.1, -0.05) is 38.3 Å².